The van der Waals surface area contributed by atoms with E-state index in [0.29, 0.717) is 0 Å². The van der Waals surface area contributed by atoms with Gasteiger partial charge in [0, 0.05) is 25.7 Å². The maximum Gasteiger partial charge on any atom is 0.242 e. The van der Waals surface area contributed by atoms with Crippen molar-refractivity contribution in [3.05, 3.63) is 29.8 Å². The van der Waals surface area contributed by atoms with Gasteiger partial charge < -0.3 is 9.80 Å². The number of carbonyl (C=O) groups is 2. The van der Waals surface area contributed by atoms with Gasteiger partial charge >= 0.3 is 0 Å². The molecule has 0 aromatic heterocycles. The molecule has 1 saturated heterocycles. The second kappa shape index (κ2) is 6.55. The number of hydrogen-bond acceptors (Lipinski definition) is 2. The molecule has 0 aliphatic carbocycles. The molecular weight excluding hydrogens is 252 g/mol. The molecular formula is C16H22N2O2. The van der Waals surface area contributed by atoms with Crippen LogP contribution in [0.3, 0.4) is 0 Å². The van der Waals surface area contributed by atoms with Crippen LogP contribution in [0.15, 0.2) is 24.3 Å². The number of rotatable bonds is 4. The summed E-state index contributed by atoms with van der Waals surface area (Å²) < 4.78 is 0. The number of carbonyl (C=O) groups excluding carboxylic acids is 2. The monoisotopic (exact) mass is 274 g/mol. The molecule has 2 amide bonds. The topological polar surface area (TPSA) is 40.6 Å². The van der Waals surface area contributed by atoms with Crippen molar-refractivity contribution in [3.63, 3.8) is 0 Å². The fraction of sp³-hybridized carbons (Fsp3) is 0.500. The van der Waals surface area contributed by atoms with Gasteiger partial charge in [0.05, 0.1) is 0 Å². The van der Waals surface area contributed by atoms with Gasteiger partial charge in [-0.25, -0.2) is 0 Å². The molecule has 1 aliphatic heterocycles. The molecule has 108 valence electrons. The lowest BCUT2D eigenvalue weighted by Gasteiger charge is -2.24. The summed E-state index contributed by atoms with van der Waals surface area (Å²) in [7, 11) is 0. The third-order valence-corrected chi connectivity index (χ3v) is 3.79. The quantitative estimate of drug-likeness (QED) is 0.844. The minimum absolute atomic E-state index is 0.0391. The Bertz CT molecular complexity index is 476. The van der Waals surface area contributed by atoms with Crippen LogP contribution >= 0.6 is 0 Å². The summed E-state index contributed by atoms with van der Waals surface area (Å²) >= 11 is 0. The minimum atomic E-state index is -0.0956. The second-order valence-electron chi connectivity index (χ2n) is 5.21. The highest BCUT2D eigenvalue weighted by Gasteiger charge is 2.22. The molecule has 0 bridgehead atoms. The highest BCUT2D eigenvalue weighted by Crippen LogP contribution is 2.17. The molecule has 20 heavy (non-hydrogen) atoms. The summed E-state index contributed by atoms with van der Waals surface area (Å²) in [5.74, 6) is -0.0564. The first kappa shape index (κ1) is 14.6. The summed E-state index contributed by atoms with van der Waals surface area (Å²) in [5, 5.41) is 0. The van der Waals surface area contributed by atoms with Gasteiger partial charge in [-0.05, 0) is 37.0 Å². The maximum atomic E-state index is 12.2. The van der Waals surface area contributed by atoms with Gasteiger partial charge in [0.1, 0.15) is 6.54 Å². The summed E-state index contributed by atoms with van der Waals surface area (Å²) in [6.07, 6.45) is 3.10. The molecule has 0 radical (unpaired) electrons. The molecule has 0 N–H and O–H groups in total. The van der Waals surface area contributed by atoms with E-state index >= 15 is 0 Å². The van der Waals surface area contributed by atoms with E-state index in [2.05, 4.69) is 6.92 Å². The number of nitrogens with zero attached hydrogens (tertiary/aromatic N) is 2. The molecule has 4 nitrogen and oxygen atoms in total. The second-order valence-corrected chi connectivity index (χ2v) is 5.21. The molecule has 1 aliphatic rings. The summed E-state index contributed by atoms with van der Waals surface area (Å²) in [5.41, 5.74) is 2.02. The molecule has 0 atom stereocenters. The van der Waals surface area contributed by atoms with E-state index in [4.69, 9.17) is 0 Å². The van der Waals surface area contributed by atoms with Crippen molar-refractivity contribution >= 4 is 17.5 Å². The van der Waals surface area contributed by atoms with E-state index in [1.54, 1.807) is 4.90 Å². The van der Waals surface area contributed by atoms with Gasteiger partial charge in [-0.2, -0.15) is 0 Å². The van der Waals surface area contributed by atoms with Gasteiger partial charge in [-0.15, -0.1) is 0 Å². The van der Waals surface area contributed by atoms with Gasteiger partial charge in [0.25, 0.3) is 0 Å². The summed E-state index contributed by atoms with van der Waals surface area (Å²) in [6.45, 7) is 5.37. The first-order valence-electron chi connectivity index (χ1n) is 7.26. The van der Waals surface area contributed by atoms with Crippen LogP contribution in [-0.4, -0.2) is 36.3 Å². The predicted octanol–water partition coefficient (Wildman–Crippen LogP) is 2.22. The van der Waals surface area contributed by atoms with Crippen molar-refractivity contribution in [2.75, 3.05) is 24.5 Å². The Morgan fingerprint density at radius 1 is 1.15 bits per heavy atom. The van der Waals surface area contributed by atoms with Gasteiger partial charge in [-0.1, -0.05) is 19.1 Å². The van der Waals surface area contributed by atoms with Crippen LogP contribution in [0.4, 0.5) is 5.69 Å². The normalized spacial score (nSPS) is 14.4. The highest BCUT2D eigenvalue weighted by molar-refractivity contribution is 5.97. The fourth-order valence-corrected chi connectivity index (χ4v) is 2.50. The third-order valence-electron chi connectivity index (χ3n) is 3.79. The lowest BCUT2D eigenvalue weighted by Crippen LogP contribution is -2.41. The van der Waals surface area contributed by atoms with Crippen LogP contribution in [0.2, 0.25) is 0 Å². The largest absolute Gasteiger partial charge is 0.341 e. The van der Waals surface area contributed by atoms with Crippen LogP contribution in [0.1, 0.15) is 32.3 Å². The SMILES string of the molecule is CCc1ccc(N(CC(=O)N2CCCC2)C(C)=O)cc1. The molecule has 1 fully saturated rings. The standard InChI is InChI=1S/C16H22N2O2/c1-3-14-6-8-15(9-7-14)18(13(2)19)12-16(20)17-10-4-5-11-17/h6-9H,3-5,10-12H2,1-2H3. The van der Waals surface area contributed by atoms with Crippen LogP contribution in [-0.2, 0) is 16.0 Å². The zero-order valence-electron chi connectivity index (χ0n) is 12.3. The molecule has 1 aromatic rings. The number of hydrogen-bond donors (Lipinski definition) is 0. The molecule has 4 heteroatoms. The zero-order valence-corrected chi connectivity index (χ0v) is 12.3. The van der Waals surface area contributed by atoms with E-state index < -0.39 is 0 Å². The van der Waals surface area contributed by atoms with E-state index in [1.165, 1.54) is 12.5 Å². The smallest absolute Gasteiger partial charge is 0.242 e. The van der Waals surface area contributed by atoms with Crippen LogP contribution in [0.5, 0.6) is 0 Å². The van der Waals surface area contributed by atoms with Crippen molar-refractivity contribution in [2.24, 2.45) is 0 Å². The molecule has 0 unspecified atom stereocenters. The van der Waals surface area contributed by atoms with Gasteiger partial charge in [0.15, 0.2) is 0 Å². The number of anilines is 1. The third kappa shape index (κ3) is 3.38. The van der Waals surface area contributed by atoms with E-state index in [0.717, 1.165) is 38.0 Å². The zero-order chi connectivity index (χ0) is 14.5. The Kier molecular flexibility index (Phi) is 4.77. The molecule has 0 saturated carbocycles. The summed E-state index contributed by atoms with van der Waals surface area (Å²) in [4.78, 5) is 27.4. The summed E-state index contributed by atoms with van der Waals surface area (Å²) in [6, 6.07) is 7.84. The van der Waals surface area contributed by atoms with Crippen molar-refractivity contribution in [3.8, 4) is 0 Å². The average Bonchev–Trinajstić information content (AvgIpc) is 2.98. The van der Waals surface area contributed by atoms with Crippen molar-refractivity contribution < 1.29 is 9.59 Å². The van der Waals surface area contributed by atoms with Crippen molar-refractivity contribution in [2.45, 2.75) is 33.1 Å². The highest BCUT2D eigenvalue weighted by atomic mass is 16.2. The minimum Gasteiger partial charge on any atom is -0.341 e. The van der Waals surface area contributed by atoms with Gasteiger partial charge in [-0.3, -0.25) is 9.59 Å². The Labute approximate surface area is 120 Å². The maximum absolute atomic E-state index is 12.2. The lowest BCUT2D eigenvalue weighted by molar-refractivity contribution is -0.130. The number of amides is 2. The number of likely N-dealkylation sites (tertiary alicyclic amines) is 1. The number of benzene rings is 1. The van der Waals surface area contributed by atoms with E-state index in [1.807, 2.05) is 29.2 Å². The molecule has 0 spiro atoms. The van der Waals surface area contributed by atoms with Crippen molar-refractivity contribution in [1.29, 1.82) is 0 Å². The fourth-order valence-electron chi connectivity index (χ4n) is 2.50. The Morgan fingerprint density at radius 3 is 2.25 bits per heavy atom. The average molecular weight is 274 g/mol. The lowest BCUT2D eigenvalue weighted by atomic mass is 10.1. The van der Waals surface area contributed by atoms with Crippen LogP contribution in [0, 0.1) is 0 Å². The molecule has 1 heterocycles. The molecule has 1 aromatic carbocycles. The van der Waals surface area contributed by atoms with Crippen LogP contribution < -0.4 is 4.90 Å². The molecule has 2 rings (SSSR count). The first-order valence-corrected chi connectivity index (χ1v) is 7.26. The Morgan fingerprint density at radius 2 is 1.75 bits per heavy atom. The van der Waals surface area contributed by atoms with Gasteiger partial charge in [0.2, 0.25) is 11.8 Å². The van der Waals surface area contributed by atoms with Crippen molar-refractivity contribution in [1.82, 2.24) is 4.90 Å². The number of aryl methyl sites for hydroxylation is 1. The van der Waals surface area contributed by atoms with Crippen LogP contribution in [0.25, 0.3) is 0 Å². The predicted molar refractivity (Wildman–Crippen MR) is 79.7 cm³/mol. The first-order chi connectivity index (χ1) is 9.61. The Hall–Kier alpha value is -1.84. The Balaban J connectivity index is 2.09. The van der Waals surface area contributed by atoms with E-state index in [-0.39, 0.29) is 18.4 Å². The van der Waals surface area contributed by atoms with E-state index in [9.17, 15) is 9.59 Å².